The highest BCUT2D eigenvalue weighted by Crippen LogP contribution is 2.22. The molecule has 82 valence electrons. The van der Waals surface area contributed by atoms with Crippen molar-refractivity contribution in [2.24, 2.45) is 5.92 Å². The minimum Gasteiger partial charge on any atom is -0.465 e. The number of carboxylic acid groups (broad SMARTS) is 1. The van der Waals surface area contributed by atoms with Gasteiger partial charge in [0.2, 0.25) is 0 Å². The van der Waals surface area contributed by atoms with Crippen molar-refractivity contribution in [1.29, 1.82) is 0 Å². The molecular formula is C10H18BrNO2. The van der Waals surface area contributed by atoms with E-state index < -0.39 is 6.09 Å². The monoisotopic (exact) mass is 263 g/mol. The quantitative estimate of drug-likeness (QED) is 0.626. The van der Waals surface area contributed by atoms with Gasteiger partial charge in [-0.2, -0.15) is 0 Å². The largest absolute Gasteiger partial charge is 0.465 e. The smallest absolute Gasteiger partial charge is 0.407 e. The van der Waals surface area contributed by atoms with Crippen molar-refractivity contribution >= 4 is 22.0 Å². The van der Waals surface area contributed by atoms with Gasteiger partial charge in [0.25, 0.3) is 0 Å². The van der Waals surface area contributed by atoms with Crippen molar-refractivity contribution < 1.29 is 9.90 Å². The molecule has 0 saturated carbocycles. The van der Waals surface area contributed by atoms with Crippen molar-refractivity contribution in [2.75, 3.05) is 18.4 Å². The molecular weight excluding hydrogens is 246 g/mol. The first-order chi connectivity index (χ1) is 6.74. The van der Waals surface area contributed by atoms with Crippen molar-refractivity contribution in [2.45, 2.75) is 32.1 Å². The van der Waals surface area contributed by atoms with Crippen LogP contribution in [-0.4, -0.2) is 34.5 Å². The summed E-state index contributed by atoms with van der Waals surface area (Å²) in [6.07, 6.45) is 5.11. The Morgan fingerprint density at radius 1 is 1.36 bits per heavy atom. The van der Waals surface area contributed by atoms with Crippen LogP contribution in [0.15, 0.2) is 0 Å². The molecule has 0 aromatic rings. The number of hydrogen-bond donors (Lipinski definition) is 1. The minimum absolute atomic E-state index is 0.730. The van der Waals surface area contributed by atoms with E-state index in [1.807, 2.05) is 0 Å². The predicted octanol–water partition coefficient (Wildman–Crippen LogP) is 2.94. The van der Waals surface area contributed by atoms with Gasteiger partial charge >= 0.3 is 6.09 Å². The van der Waals surface area contributed by atoms with Gasteiger partial charge < -0.3 is 10.0 Å². The molecule has 0 radical (unpaired) electrons. The van der Waals surface area contributed by atoms with E-state index in [2.05, 4.69) is 15.9 Å². The molecule has 0 atom stereocenters. The van der Waals surface area contributed by atoms with Gasteiger partial charge in [0.15, 0.2) is 0 Å². The molecule has 4 heteroatoms. The van der Waals surface area contributed by atoms with Gasteiger partial charge in [0, 0.05) is 18.4 Å². The zero-order valence-electron chi connectivity index (χ0n) is 8.41. The van der Waals surface area contributed by atoms with Crippen LogP contribution in [0.4, 0.5) is 4.79 Å². The van der Waals surface area contributed by atoms with Crippen LogP contribution in [0.25, 0.3) is 0 Å². The third kappa shape index (κ3) is 3.86. The molecule has 1 saturated heterocycles. The van der Waals surface area contributed by atoms with E-state index in [1.165, 1.54) is 24.2 Å². The van der Waals surface area contributed by atoms with Crippen LogP contribution < -0.4 is 0 Å². The number of alkyl halides is 1. The van der Waals surface area contributed by atoms with Crippen molar-refractivity contribution in [1.82, 2.24) is 4.90 Å². The average molecular weight is 264 g/mol. The van der Waals surface area contributed by atoms with E-state index in [0.717, 1.165) is 37.2 Å². The van der Waals surface area contributed by atoms with E-state index in [1.54, 1.807) is 0 Å². The highest BCUT2D eigenvalue weighted by molar-refractivity contribution is 9.09. The van der Waals surface area contributed by atoms with E-state index in [4.69, 9.17) is 5.11 Å². The summed E-state index contributed by atoms with van der Waals surface area (Å²) in [6.45, 7) is 1.46. The van der Waals surface area contributed by atoms with Gasteiger partial charge in [-0.05, 0) is 25.2 Å². The van der Waals surface area contributed by atoms with Crippen LogP contribution in [0, 0.1) is 5.92 Å². The Balaban J connectivity index is 2.12. The average Bonchev–Trinajstić information content (AvgIpc) is 2.19. The Labute approximate surface area is 93.6 Å². The van der Waals surface area contributed by atoms with Gasteiger partial charge in [-0.1, -0.05) is 28.8 Å². The zero-order valence-corrected chi connectivity index (χ0v) is 10.0. The van der Waals surface area contributed by atoms with Crippen LogP contribution in [0.2, 0.25) is 0 Å². The molecule has 1 aliphatic rings. The molecule has 3 nitrogen and oxygen atoms in total. The van der Waals surface area contributed by atoms with Crippen LogP contribution in [0.1, 0.15) is 32.1 Å². The van der Waals surface area contributed by atoms with Crippen molar-refractivity contribution in [3.8, 4) is 0 Å². The molecule has 1 amide bonds. The van der Waals surface area contributed by atoms with Gasteiger partial charge in [-0.15, -0.1) is 0 Å². The number of nitrogens with zero attached hydrogens (tertiary/aromatic N) is 1. The maximum atomic E-state index is 10.6. The Morgan fingerprint density at radius 2 is 2.00 bits per heavy atom. The third-order valence-electron chi connectivity index (χ3n) is 2.88. The van der Waals surface area contributed by atoms with Gasteiger partial charge in [-0.3, -0.25) is 0 Å². The predicted molar refractivity (Wildman–Crippen MR) is 60.0 cm³/mol. The molecule has 0 unspecified atom stereocenters. The van der Waals surface area contributed by atoms with E-state index >= 15 is 0 Å². The maximum Gasteiger partial charge on any atom is 0.407 e. The van der Waals surface area contributed by atoms with Gasteiger partial charge in [0.1, 0.15) is 0 Å². The fourth-order valence-corrected chi connectivity index (χ4v) is 2.34. The highest BCUT2D eigenvalue weighted by Gasteiger charge is 2.21. The highest BCUT2D eigenvalue weighted by atomic mass is 79.9. The van der Waals surface area contributed by atoms with E-state index in [0.29, 0.717) is 0 Å². The second-order valence-electron chi connectivity index (χ2n) is 3.90. The summed E-state index contributed by atoms with van der Waals surface area (Å²) in [6, 6.07) is 0. The van der Waals surface area contributed by atoms with Crippen LogP contribution in [0.3, 0.4) is 0 Å². The Hall–Kier alpha value is -0.250. The van der Waals surface area contributed by atoms with E-state index in [9.17, 15) is 4.79 Å². The van der Waals surface area contributed by atoms with Gasteiger partial charge in [0.05, 0.1) is 0 Å². The summed E-state index contributed by atoms with van der Waals surface area (Å²) in [5.74, 6) is 0.754. The minimum atomic E-state index is -0.760. The number of piperidine rings is 1. The van der Waals surface area contributed by atoms with E-state index in [-0.39, 0.29) is 0 Å². The molecule has 14 heavy (non-hydrogen) atoms. The standard InChI is InChI=1S/C10H18BrNO2/c11-6-2-1-3-9-4-7-12(8-5-9)10(13)14/h9H,1-8H2,(H,13,14). The van der Waals surface area contributed by atoms with Crippen molar-refractivity contribution in [3.63, 3.8) is 0 Å². The van der Waals surface area contributed by atoms with Gasteiger partial charge in [-0.25, -0.2) is 4.79 Å². The summed E-state index contributed by atoms with van der Waals surface area (Å²) in [5, 5.41) is 9.84. The molecule has 0 aromatic carbocycles. The molecule has 0 aromatic heterocycles. The topological polar surface area (TPSA) is 40.5 Å². The number of rotatable bonds is 4. The number of unbranched alkanes of at least 4 members (excludes halogenated alkanes) is 1. The molecule has 0 spiro atoms. The SMILES string of the molecule is O=C(O)N1CCC(CCCCBr)CC1. The summed E-state index contributed by atoms with van der Waals surface area (Å²) < 4.78 is 0. The third-order valence-corrected chi connectivity index (χ3v) is 3.44. The number of likely N-dealkylation sites (tertiary alicyclic amines) is 1. The lowest BCUT2D eigenvalue weighted by Crippen LogP contribution is -2.37. The molecule has 1 aliphatic heterocycles. The molecule has 1 heterocycles. The number of hydrogen-bond acceptors (Lipinski definition) is 1. The lowest BCUT2D eigenvalue weighted by molar-refractivity contribution is 0.123. The summed E-state index contributed by atoms with van der Waals surface area (Å²) in [4.78, 5) is 12.2. The summed E-state index contributed by atoms with van der Waals surface area (Å²) in [7, 11) is 0. The molecule has 0 bridgehead atoms. The van der Waals surface area contributed by atoms with Crippen LogP contribution in [-0.2, 0) is 0 Å². The molecule has 1 rings (SSSR count). The first-order valence-electron chi connectivity index (χ1n) is 5.28. The lowest BCUT2D eigenvalue weighted by atomic mass is 9.92. The molecule has 1 fully saturated rings. The summed E-state index contributed by atoms with van der Waals surface area (Å²) >= 11 is 3.42. The first kappa shape index (κ1) is 11.8. The maximum absolute atomic E-state index is 10.6. The lowest BCUT2D eigenvalue weighted by Gasteiger charge is -2.29. The Morgan fingerprint density at radius 3 is 2.50 bits per heavy atom. The van der Waals surface area contributed by atoms with Crippen LogP contribution >= 0.6 is 15.9 Å². The zero-order chi connectivity index (χ0) is 10.4. The Bertz CT molecular complexity index is 179. The first-order valence-corrected chi connectivity index (χ1v) is 6.40. The Kier molecular flexibility index (Phi) is 5.30. The second kappa shape index (κ2) is 6.27. The summed E-state index contributed by atoms with van der Waals surface area (Å²) in [5.41, 5.74) is 0. The fourth-order valence-electron chi connectivity index (χ4n) is 1.94. The normalized spacial score (nSPS) is 18.5. The van der Waals surface area contributed by atoms with Crippen molar-refractivity contribution in [3.05, 3.63) is 0 Å². The molecule has 1 N–H and O–H groups in total. The fraction of sp³-hybridized carbons (Fsp3) is 0.900. The number of amides is 1. The molecule has 0 aliphatic carbocycles. The number of halogens is 1. The number of carbonyl (C=O) groups is 1. The van der Waals surface area contributed by atoms with Crippen LogP contribution in [0.5, 0.6) is 0 Å². The second-order valence-corrected chi connectivity index (χ2v) is 4.69.